The fourth-order valence-electron chi connectivity index (χ4n) is 1.87. The molecular formula is C15H18BrN3O. The Kier molecular flexibility index (Phi) is 5.35. The van der Waals surface area contributed by atoms with Gasteiger partial charge < -0.3 is 5.32 Å². The molecule has 0 saturated carbocycles. The van der Waals surface area contributed by atoms with Crippen LogP contribution in [0.4, 0.5) is 5.82 Å². The van der Waals surface area contributed by atoms with Crippen LogP contribution in [-0.2, 0) is 6.54 Å². The molecule has 4 nitrogen and oxygen atoms in total. The minimum Gasteiger partial charge on any atom is -0.370 e. The summed E-state index contributed by atoms with van der Waals surface area (Å²) in [6.45, 7) is 3.50. The van der Waals surface area contributed by atoms with Crippen LogP contribution >= 0.6 is 15.9 Å². The maximum atomic E-state index is 12.0. The SMILES string of the molecule is CCCCNc1ccn(Cc2cccc(Br)c2)c(=O)n1. The second kappa shape index (κ2) is 7.24. The predicted molar refractivity (Wildman–Crippen MR) is 85.1 cm³/mol. The lowest BCUT2D eigenvalue weighted by Gasteiger charge is -2.08. The van der Waals surface area contributed by atoms with E-state index in [0.717, 1.165) is 29.4 Å². The third-order valence-electron chi connectivity index (χ3n) is 2.95. The molecule has 0 aliphatic heterocycles. The fourth-order valence-corrected chi connectivity index (χ4v) is 2.32. The van der Waals surface area contributed by atoms with Gasteiger partial charge in [-0.3, -0.25) is 4.57 Å². The molecule has 1 heterocycles. The van der Waals surface area contributed by atoms with Gasteiger partial charge in [-0.15, -0.1) is 0 Å². The molecule has 0 aliphatic rings. The Balaban J connectivity index is 2.08. The Morgan fingerprint density at radius 1 is 1.35 bits per heavy atom. The molecule has 1 N–H and O–H groups in total. The Morgan fingerprint density at radius 2 is 2.20 bits per heavy atom. The van der Waals surface area contributed by atoms with E-state index < -0.39 is 0 Å². The van der Waals surface area contributed by atoms with Crippen LogP contribution in [0.1, 0.15) is 25.3 Å². The van der Waals surface area contributed by atoms with Gasteiger partial charge in [0.25, 0.3) is 0 Å². The van der Waals surface area contributed by atoms with E-state index >= 15 is 0 Å². The zero-order valence-corrected chi connectivity index (χ0v) is 13.1. The normalized spacial score (nSPS) is 10.5. The molecule has 0 fully saturated rings. The second-order valence-electron chi connectivity index (χ2n) is 4.63. The first-order valence-electron chi connectivity index (χ1n) is 6.75. The molecule has 5 heteroatoms. The lowest BCUT2D eigenvalue weighted by Crippen LogP contribution is -2.24. The first-order chi connectivity index (χ1) is 9.69. The first kappa shape index (κ1) is 14.8. The molecule has 0 unspecified atom stereocenters. The quantitative estimate of drug-likeness (QED) is 0.824. The van der Waals surface area contributed by atoms with E-state index in [1.54, 1.807) is 10.8 Å². The number of anilines is 1. The van der Waals surface area contributed by atoms with Crippen LogP contribution in [0.5, 0.6) is 0 Å². The number of benzene rings is 1. The fraction of sp³-hybridized carbons (Fsp3) is 0.333. The lowest BCUT2D eigenvalue weighted by molar-refractivity contribution is 0.726. The zero-order valence-electron chi connectivity index (χ0n) is 11.5. The second-order valence-corrected chi connectivity index (χ2v) is 5.55. The monoisotopic (exact) mass is 335 g/mol. The van der Waals surface area contributed by atoms with Crippen molar-refractivity contribution in [1.82, 2.24) is 9.55 Å². The van der Waals surface area contributed by atoms with Crippen LogP contribution in [0, 0.1) is 0 Å². The number of rotatable bonds is 6. The highest BCUT2D eigenvalue weighted by Crippen LogP contribution is 2.12. The highest BCUT2D eigenvalue weighted by atomic mass is 79.9. The Bertz CT molecular complexity index is 625. The molecular weight excluding hydrogens is 318 g/mol. The summed E-state index contributed by atoms with van der Waals surface area (Å²) in [4.78, 5) is 16.0. The van der Waals surface area contributed by atoms with Crippen LogP contribution in [0.25, 0.3) is 0 Å². The Morgan fingerprint density at radius 3 is 2.90 bits per heavy atom. The largest absolute Gasteiger partial charge is 0.370 e. The van der Waals surface area contributed by atoms with Gasteiger partial charge in [-0.25, -0.2) is 4.79 Å². The van der Waals surface area contributed by atoms with E-state index in [1.807, 2.05) is 30.3 Å². The molecule has 106 valence electrons. The van der Waals surface area contributed by atoms with Gasteiger partial charge in [-0.2, -0.15) is 4.98 Å². The van der Waals surface area contributed by atoms with Gasteiger partial charge in [0, 0.05) is 17.2 Å². The number of aromatic nitrogens is 2. The maximum Gasteiger partial charge on any atom is 0.349 e. The van der Waals surface area contributed by atoms with Gasteiger partial charge in [0.15, 0.2) is 0 Å². The molecule has 0 spiro atoms. The van der Waals surface area contributed by atoms with Crippen molar-refractivity contribution in [2.45, 2.75) is 26.3 Å². The standard InChI is InChI=1S/C15H18BrN3O/c1-2-3-8-17-14-7-9-19(15(20)18-14)11-12-5-4-6-13(16)10-12/h4-7,9-10H,2-3,8,11H2,1H3,(H,17,18,20). The van der Waals surface area contributed by atoms with E-state index in [-0.39, 0.29) is 5.69 Å². The van der Waals surface area contributed by atoms with Crippen LogP contribution < -0.4 is 11.0 Å². The summed E-state index contributed by atoms with van der Waals surface area (Å²) in [5.41, 5.74) is 0.835. The third-order valence-corrected chi connectivity index (χ3v) is 3.45. The molecule has 0 amide bonds. The summed E-state index contributed by atoms with van der Waals surface area (Å²) in [5.74, 6) is 0.647. The Hall–Kier alpha value is -1.62. The number of unbranched alkanes of at least 4 members (excludes halogenated alkanes) is 1. The molecule has 0 radical (unpaired) electrons. The van der Waals surface area contributed by atoms with Crippen molar-refractivity contribution >= 4 is 21.7 Å². The average Bonchev–Trinajstić information content (AvgIpc) is 2.42. The van der Waals surface area contributed by atoms with Crippen molar-refractivity contribution in [2.75, 3.05) is 11.9 Å². The third kappa shape index (κ3) is 4.20. The van der Waals surface area contributed by atoms with Gasteiger partial charge >= 0.3 is 5.69 Å². The number of nitrogens with zero attached hydrogens (tertiary/aromatic N) is 2. The van der Waals surface area contributed by atoms with Crippen LogP contribution in [0.3, 0.4) is 0 Å². The summed E-state index contributed by atoms with van der Waals surface area (Å²) >= 11 is 3.43. The molecule has 0 atom stereocenters. The summed E-state index contributed by atoms with van der Waals surface area (Å²) < 4.78 is 2.61. The summed E-state index contributed by atoms with van der Waals surface area (Å²) in [6, 6.07) is 9.75. The first-order valence-corrected chi connectivity index (χ1v) is 7.54. The van der Waals surface area contributed by atoms with E-state index in [9.17, 15) is 4.79 Å². The zero-order chi connectivity index (χ0) is 14.4. The molecule has 0 saturated heterocycles. The topological polar surface area (TPSA) is 46.9 Å². The van der Waals surface area contributed by atoms with E-state index in [0.29, 0.717) is 12.4 Å². The van der Waals surface area contributed by atoms with Crippen molar-refractivity contribution in [3.63, 3.8) is 0 Å². The molecule has 0 aliphatic carbocycles. The van der Waals surface area contributed by atoms with E-state index in [4.69, 9.17) is 0 Å². The van der Waals surface area contributed by atoms with Crippen molar-refractivity contribution in [2.24, 2.45) is 0 Å². The van der Waals surface area contributed by atoms with Gasteiger partial charge in [0.05, 0.1) is 6.54 Å². The van der Waals surface area contributed by atoms with Gasteiger partial charge in [-0.05, 0) is 30.2 Å². The molecule has 2 aromatic rings. The smallest absolute Gasteiger partial charge is 0.349 e. The summed E-state index contributed by atoms with van der Waals surface area (Å²) in [6.07, 6.45) is 3.97. The maximum absolute atomic E-state index is 12.0. The highest BCUT2D eigenvalue weighted by molar-refractivity contribution is 9.10. The molecule has 1 aromatic heterocycles. The van der Waals surface area contributed by atoms with Crippen LogP contribution in [-0.4, -0.2) is 16.1 Å². The minimum absolute atomic E-state index is 0.230. The van der Waals surface area contributed by atoms with E-state index in [2.05, 4.69) is 33.2 Å². The average molecular weight is 336 g/mol. The summed E-state index contributed by atoms with van der Waals surface area (Å²) in [7, 11) is 0. The van der Waals surface area contributed by atoms with Gasteiger partial charge in [0.1, 0.15) is 5.82 Å². The molecule has 1 aromatic carbocycles. The molecule has 0 bridgehead atoms. The minimum atomic E-state index is -0.230. The lowest BCUT2D eigenvalue weighted by atomic mass is 10.2. The van der Waals surface area contributed by atoms with Gasteiger partial charge in [-0.1, -0.05) is 41.4 Å². The van der Waals surface area contributed by atoms with Crippen molar-refractivity contribution in [3.05, 3.63) is 57.0 Å². The van der Waals surface area contributed by atoms with Crippen LogP contribution in [0.2, 0.25) is 0 Å². The number of hydrogen-bond acceptors (Lipinski definition) is 3. The number of hydrogen-bond donors (Lipinski definition) is 1. The van der Waals surface area contributed by atoms with Gasteiger partial charge in [0.2, 0.25) is 0 Å². The highest BCUT2D eigenvalue weighted by Gasteiger charge is 2.01. The van der Waals surface area contributed by atoms with Crippen LogP contribution in [0.15, 0.2) is 45.8 Å². The number of nitrogens with one attached hydrogen (secondary N) is 1. The number of halogens is 1. The summed E-state index contributed by atoms with van der Waals surface area (Å²) in [5, 5.41) is 3.15. The Labute approximate surface area is 127 Å². The molecule has 20 heavy (non-hydrogen) atoms. The van der Waals surface area contributed by atoms with Crippen molar-refractivity contribution in [3.8, 4) is 0 Å². The van der Waals surface area contributed by atoms with Crippen molar-refractivity contribution in [1.29, 1.82) is 0 Å². The van der Waals surface area contributed by atoms with Crippen molar-refractivity contribution < 1.29 is 0 Å². The van der Waals surface area contributed by atoms with E-state index in [1.165, 1.54) is 0 Å². The molecule has 2 rings (SSSR count). The predicted octanol–water partition coefficient (Wildman–Crippen LogP) is 3.27.